The van der Waals surface area contributed by atoms with Crippen molar-refractivity contribution in [2.24, 2.45) is 0 Å². The van der Waals surface area contributed by atoms with E-state index in [4.69, 9.17) is 9.84 Å². The van der Waals surface area contributed by atoms with E-state index in [0.717, 1.165) is 11.1 Å². The SMILES string of the molecule is COc1cc(CCC(=O)NCCCNC(=O)NCCC(=O)O)ccc1NC(=O)Nc1ccccc1C. The first-order valence-corrected chi connectivity index (χ1v) is 11.6. The third kappa shape index (κ3) is 10.3. The largest absolute Gasteiger partial charge is 0.495 e. The monoisotopic (exact) mass is 499 g/mol. The number of methoxy groups -OCH3 is 1. The molecule has 0 saturated carbocycles. The predicted octanol–water partition coefficient (Wildman–Crippen LogP) is 2.86. The highest BCUT2D eigenvalue weighted by Gasteiger charge is 2.11. The lowest BCUT2D eigenvalue weighted by Crippen LogP contribution is -2.38. The average Bonchev–Trinajstić information content (AvgIpc) is 2.84. The number of urea groups is 2. The lowest BCUT2D eigenvalue weighted by atomic mass is 10.1. The number of ether oxygens (including phenoxy) is 1. The summed E-state index contributed by atoms with van der Waals surface area (Å²) in [4.78, 5) is 46.4. The number of hydrogen-bond donors (Lipinski definition) is 6. The highest BCUT2D eigenvalue weighted by atomic mass is 16.5. The van der Waals surface area contributed by atoms with Crippen LogP contribution in [0.1, 0.15) is 30.4 Å². The number of amides is 5. The Morgan fingerprint density at radius 2 is 1.53 bits per heavy atom. The van der Waals surface area contributed by atoms with Gasteiger partial charge in [-0.3, -0.25) is 9.59 Å². The molecule has 194 valence electrons. The smallest absolute Gasteiger partial charge is 0.323 e. The van der Waals surface area contributed by atoms with Gasteiger partial charge in [-0.25, -0.2) is 9.59 Å². The number of para-hydroxylation sites is 1. The second-order valence-corrected chi connectivity index (χ2v) is 7.96. The van der Waals surface area contributed by atoms with Crippen LogP contribution in [0, 0.1) is 6.92 Å². The lowest BCUT2D eigenvalue weighted by molar-refractivity contribution is -0.136. The van der Waals surface area contributed by atoms with Crippen molar-refractivity contribution < 1.29 is 29.0 Å². The van der Waals surface area contributed by atoms with E-state index in [0.29, 0.717) is 43.1 Å². The Hall–Kier alpha value is -4.28. The molecule has 0 aliphatic carbocycles. The maximum atomic E-state index is 12.4. The number of aliphatic carboxylic acids is 1. The number of benzene rings is 2. The van der Waals surface area contributed by atoms with Crippen molar-refractivity contribution in [3.63, 3.8) is 0 Å². The van der Waals surface area contributed by atoms with Gasteiger partial charge in [-0.1, -0.05) is 24.3 Å². The molecule has 36 heavy (non-hydrogen) atoms. The van der Waals surface area contributed by atoms with E-state index in [1.54, 1.807) is 12.1 Å². The van der Waals surface area contributed by atoms with Gasteiger partial charge in [-0.05, 0) is 49.1 Å². The number of carboxylic acids is 1. The predicted molar refractivity (Wildman–Crippen MR) is 136 cm³/mol. The molecule has 0 aliphatic rings. The fourth-order valence-electron chi connectivity index (χ4n) is 3.19. The van der Waals surface area contributed by atoms with Gasteiger partial charge in [0.15, 0.2) is 0 Å². The van der Waals surface area contributed by atoms with Gasteiger partial charge in [-0.15, -0.1) is 0 Å². The topological polar surface area (TPSA) is 158 Å². The summed E-state index contributed by atoms with van der Waals surface area (Å²) in [5, 5.41) is 21.9. The molecule has 11 nitrogen and oxygen atoms in total. The summed E-state index contributed by atoms with van der Waals surface area (Å²) in [6, 6.07) is 12.0. The van der Waals surface area contributed by atoms with E-state index in [1.807, 2.05) is 37.3 Å². The van der Waals surface area contributed by atoms with Crippen LogP contribution in [0.5, 0.6) is 5.75 Å². The van der Waals surface area contributed by atoms with E-state index in [9.17, 15) is 19.2 Å². The molecule has 11 heteroatoms. The maximum Gasteiger partial charge on any atom is 0.323 e. The van der Waals surface area contributed by atoms with Crippen molar-refractivity contribution in [2.45, 2.75) is 32.6 Å². The minimum Gasteiger partial charge on any atom is -0.495 e. The normalized spacial score (nSPS) is 10.2. The summed E-state index contributed by atoms with van der Waals surface area (Å²) in [5.74, 6) is -0.620. The number of anilines is 2. The fraction of sp³-hybridized carbons (Fsp3) is 0.360. The minimum atomic E-state index is -0.981. The first-order chi connectivity index (χ1) is 17.3. The quantitative estimate of drug-likeness (QED) is 0.233. The van der Waals surface area contributed by atoms with E-state index < -0.39 is 12.0 Å². The summed E-state index contributed by atoms with van der Waals surface area (Å²) in [7, 11) is 1.51. The molecule has 0 heterocycles. The second kappa shape index (κ2) is 14.9. The molecule has 2 aromatic rings. The molecule has 2 aromatic carbocycles. The first-order valence-electron chi connectivity index (χ1n) is 11.6. The Kier molecular flexibility index (Phi) is 11.5. The van der Waals surface area contributed by atoms with Crippen molar-refractivity contribution in [1.29, 1.82) is 0 Å². The zero-order chi connectivity index (χ0) is 26.3. The van der Waals surface area contributed by atoms with Crippen molar-refractivity contribution in [2.75, 3.05) is 37.4 Å². The van der Waals surface area contributed by atoms with Gasteiger partial charge in [0.2, 0.25) is 5.91 Å². The number of aryl methyl sites for hydroxylation is 2. The summed E-state index contributed by atoms with van der Waals surface area (Å²) >= 11 is 0. The van der Waals surface area contributed by atoms with Crippen LogP contribution in [0.3, 0.4) is 0 Å². The van der Waals surface area contributed by atoms with Gasteiger partial charge in [0.1, 0.15) is 5.75 Å². The Labute approximate surface area is 210 Å². The fourth-order valence-corrected chi connectivity index (χ4v) is 3.19. The number of nitrogens with one attached hydrogen (secondary N) is 5. The van der Waals surface area contributed by atoms with Crippen LogP contribution in [-0.4, -0.2) is 55.8 Å². The molecule has 0 saturated heterocycles. The highest BCUT2D eigenvalue weighted by molar-refractivity contribution is 6.01. The van der Waals surface area contributed by atoms with Crippen LogP contribution in [0.2, 0.25) is 0 Å². The van der Waals surface area contributed by atoms with E-state index >= 15 is 0 Å². The van der Waals surface area contributed by atoms with Crippen molar-refractivity contribution in [3.8, 4) is 5.75 Å². The van der Waals surface area contributed by atoms with Gasteiger partial charge >= 0.3 is 18.0 Å². The standard InChI is InChI=1S/C25H33N5O6/c1-17-6-3-4-7-19(17)29-25(35)30-20-10-8-18(16-21(20)36-2)9-11-22(31)26-13-5-14-27-24(34)28-15-12-23(32)33/h3-4,6-8,10,16H,5,9,11-15H2,1-2H3,(H,26,31)(H,32,33)(H2,27,28,34)(H2,29,30,35). The molecule has 0 aliphatic heterocycles. The van der Waals surface area contributed by atoms with Crippen LogP contribution in [0.15, 0.2) is 42.5 Å². The van der Waals surface area contributed by atoms with Crippen molar-refractivity contribution >= 4 is 35.3 Å². The summed E-state index contributed by atoms with van der Waals surface area (Å²) < 4.78 is 5.40. The Bertz CT molecular complexity index is 1060. The average molecular weight is 500 g/mol. The van der Waals surface area contributed by atoms with Crippen LogP contribution in [0.4, 0.5) is 21.0 Å². The van der Waals surface area contributed by atoms with Crippen LogP contribution in [-0.2, 0) is 16.0 Å². The highest BCUT2D eigenvalue weighted by Crippen LogP contribution is 2.26. The van der Waals surface area contributed by atoms with E-state index in [-0.39, 0.29) is 31.3 Å². The third-order valence-electron chi connectivity index (χ3n) is 5.13. The summed E-state index contributed by atoms with van der Waals surface area (Å²) in [6.07, 6.45) is 1.16. The molecular formula is C25H33N5O6. The number of carboxylic acid groups (broad SMARTS) is 1. The molecule has 0 radical (unpaired) electrons. The molecule has 2 rings (SSSR count). The molecule has 0 spiro atoms. The number of rotatable bonds is 13. The van der Waals surface area contributed by atoms with Gasteiger partial charge < -0.3 is 36.4 Å². The lowest BCUT2D eigenvalue weighted by Gasteiger charge is -2.14. The molecule has 5 amide bonds. The number of hydrogen-bond acceptors (Lipinski definition) is 5. The van der Waals surface area contributed by atoms with Gasteiger partial charge in [0.05, 0.1) is 19.2 Å². The summed E-state index contributed by atoms with van der Waals surface area (Å²) in [5.41, 5.74) is 3.05. The zero-order valence-electron chi connectivity index (χ0n) is 20.5. The Balaban J connectivity index is 1.70. The van der Waals surface area contributed by atoms with Crippen LogP contribution >= 0.6 is 0 Å². The molecule has 0 fully saturated rings. The van der Waals surface area contributed by atoms with Gasteiger partial charge in [0.25, 0.3) is 0 Å². The van der Waals surface area contributed by atoms with Crippen molar-refractivity contribution in [3.05, 3.63) is 53.6 Å². The molecule has 0 aromatic heterocycles. The van der Waals surface area contributed by atoms with E-state index in [2.05, 4.69) is 26.6 Å². The number of carbonyl (C=O) groups is 4. The second-order valence-electron chi connectivity index (χ2n) is 7.96. The number of carbonyl (C=O) groups excluding carboxylic acids is 3. The third-order valence-corrected chi connectivity index (χ3v) is 5.13. The Morgan fingerprint density at radius 3 is 2.25 bits per heavy atom. The van der Waals surface area contributed by atoms with Crippen LogP contribution < -0.4 is 31.3 Å². The van der Waals surface area contributed by atoms with Gasteiger partial charge in [-0.2, -0.15) is 0 Å². The van der Waals surface area contributed by atoms with Crippen molar-refractivity contribution in [1.82, 2.24) is 16.0 Å². The minimum absolute atomic E-state index is 0.0559. The maximum absolute atomic E-state index is 12.4. The summed E-state index contributed by atoms with van der Waals surface area (Å²) in [6.45, 7) is 2.71. The molecule has 0 atom stereocenters. The van der Waals surface area contributed by atoms with Crippen LogP contribution in [0.25, 0.3) is 0 Å². The molecule has 0 unspecified atom stereocenters. The molecule has 0 bridgehead atoms. The molecule has 6 N–H and O–H groups in total. The van der Waals surface area contributed by atoms with E-state index in [1.165, 1.54) is 7.11 Å². The van der Waals surface area contributed by atoms with Gasteiger partial charge in [0, 0.05) is 31.7 Å². The zero-order valence-corrected chi connectivity index (χ0v) is 20.5. The first kappa shape index (κ1) is 28.0. The molecular weight excluding hydrogens is 466 g/mol. The Morgan fingerprint density at radius 1 is 0.833 bits per heavy atom.